The Morgan fingerprint density at radius 3 is 2.46 bits per heavy atom. The molecule has 0 aromatic heterocycles. The minimum atomic E-state index is 0.842. The minimum Gasteiger partial charge on any atom is -0.316 e. The van der Waals surface area contributed by atoms with Crippen LogP contribution >= 0.6 is 22.6 Å². The zero-order valence-electron chi connectivity index (χ0n) is 9.11. The number of alkyl halides is 1. The molecule has 0 bridgehead atoms. The van der Waals surface area contributed by atoms with Crippen molar-refractivity contribution < 1.29 is 0 Å². The molecule has 0 aliphatic heterocycles. The molecular formula is C11H24IN. The Morgan fingerprint density at radius 1 is 1.15 bits per heavy atom. The molecule has 80 valence electrons. The summed E-state index contributed by atoms with van der Waals surface area (Å²) in [6.07, 6.45) is 6.85. The Hall–Kier alpha value is 0.690. The summed E-state index contributed by atoms with van der Waals surface area (Å²) >= 11 is 2.45. The predicted octanol–water partition coefficient (Wildman–Crippen LogP) is 3.62. The van der Waals surface area contributed by atoms with E-state index in [0.717, 1.165) is 5.92 Å². The van der Waals surface area contributed by atoms with Crippen LogP contribution in [-0.2, 0) is 0 Å². The van der Waals surface area contributed by atoms with E-state index in [0.29, 0.717) is 0 Å². The molecule has 2 heteroatoms. The zero-order valence-corrected chi connectivity index (χ0v) is 11.3. The van der Waals surface area contributed by atoms with Crippen LogP contribution in [0.15, 0.2) is 0 Å². The normalized spacial score (nSPS) is 13.2. The molecule has 0 amide bonds. The largest absolute Gasteiger partial charge is 0.316 e. The number of hydrogen-bond donors (Lipinski definition) is 1. The van der Waals surface area contributed by atoms with Gasteiger partial charge >= 0.3 is 0 Å². The SMILES string of the molecule is CCC(C)CNCCCCCCI. The van der Waals surface area contributed by atoms with E-state index < -0.39 is 0 Å². The average molecular weight is 297 g/mol. The molecule has 0 fully saturated rings. The van der Waals surface area contributed by atoms with E-state index in [1.807, 2.05) is 0 Å². The highest BCUT2D eigenvalue weighted by molar-refractivity contribution is 14.1. The lowest BCUT2D eigenvalue weighted by Crippen LogP contribution is -2.21. The van der Waals surface area contributed by atoms with Gasteiger partial charge in [0.1, 0.15) is 0 Å². The number of nitrogens with one attached hydrogen (secondary N) is 1. The lowest BCUT2D eigenvalue weighted by molar-refractivity contribution is 0.489. The van der Waals surface area contributed by atoms with E-state index in [2.05, 4.69) is 41.8 Å². The van der Waals surface area contributed by atoms with Crippen molar-refractivity contribution in [2.75, 3.05) is 17.5 Å². The molecule has 1 atom stereocenters. The van der Waals surface area contributed by atoms with Gasteiger partial charge in [0.2, 0.25) is 0 Å². The van der Waals surface area contributed by atoms with Gasteiger partial charge in [0.25, 0.3) is 0 Å². The third kappa shape index (κ3) is 10.6. The van der Waals surface area contributed by atoms with Gasteiger partial charge in [-0.2, -0.15) is 0 Å². The van der Waals surface area contributed by atoms with Crippen molar-refractivity contribution >= 4 is 22.6 Å². The summed E-state index contributed by atoms with van der Waals surface area (Å²) in [5, 5.41) is 3.51. The van der Waals surface area contributed by atoms with E-state index in [1.54, 1.807) is 0 Å². The molecule has 0 heterocycles. The fourth-order valence-electron chi connectivity index (χ4n) is 1.19. The first-order valence-electron chi connectivity index (χ1n) is 5.58. The molecule has 0 spiro atoms. The van der Waals surface area contributed by atoms with Crippen LogP contribution in [-0.4, -0.2) is 17.5 Å². The van der Waals surface area contributed by atoms with Gasteiger partial charge in [-0.3, -0.25) is 0 Å². The van der Waals surface area contributed by atoms with Gasteiger partial charge in [-0.25, -0.2) is 0 Å². The van der Waals surface area contributed by atoms with Crippen molar-refractivity contribution in [2.24, 2.45) is 5.92 Å². The van der Waals surface area contributed by atoms with Crippen LogP contribution < -0.4 is 5.32 Å². The molecule has 0 aromatic rings. The third-order valence-electron chi connectivity index (χ3n) is 2.43. The standard InChI is InChI=1S/C11H24IN/c1-3-11(2)10-13-9-7-5-4-6-8-12/h11,13H,3-10H2,1-2H3. The highest BCUT2D eigenvalue weighted by atomic mass is 127. The van der Waals surface area contributed by atoms with Crippen molar-refractivity contribution in [1.29, 1.82) is 0 Å². The Kier molecular flexibility index (Phi) is 11.3. The molecule has 0 saturated carbocycles. The molecule has 0 aliphatic rings. The van der Waals surface area contributed by atoms with Crippen molar-refractivity contribution in [3.8, 4) is 0 Å². The van der Waals surface area contributed by atoms with Gasteiger partial charge in [-0.05, 0) is 36.3 Å². The smallest absolute Gasteiger partial charge is 0.000473 e. The van der Waals surface area contributed by atoms with Crippen LogP contribution in [0.4, 0.5) is 0 Å². The molecule has 0 radical (unpaired) electrons. The first kappa shape index (κ1) is 13.7. The minimum absolute atomic E-state index is 0.842. The topological polar surface area (TPSA) is 12.0 Å². The maximum Gasteiger partial charge on any atom is -0.000473 e. The van der Waals surface area contributed by atoms with Crippen molar-refractivity contribution in [3.63, 3.8) is 0 Å². The quantitative estimate of drug-likeness (QED) is 0.389. The first-order valence-corrected chi connectivity index (χ1v) is 7.10. The molecule has 0 aromatic carbocycles. The lowest BCUT2D eigenvalue weighted by atomic mass is 10.1. The highest BCUT2D eigenvalue weighted by Gasteiger charge is 1.96. The molecule has 1 N–H and O–H groups in total. The van der Waals surface area contributed by atoms with E-state index in [4.69, 9.17) is 0 Å². The average Bonchev–Trinajstić information content (AvgIpc) is 2.16. The maximum absolute atomic E-state index is 3.51. The Bertz CT molecular complexity index is 96.1. The summed E-state index contributed by atoms with van der Waals surface area (Å²) < 4.78 is 1.32. The van der Waals surface area contributed by atoms with E-state index in [9.17, 15) is 0 Å². The molecule has 0 rings (SSSR count). The van der Waals surface area contributed by atoms with Gasteiger partial charge in [0.05, 0.1) is 0 Å². The molecule has 1 unspecified atom stereocenters. The van der Waals surface area contributed by atoms with Crippen LogP contribution in [0, 0.1) is 5.92 Å². The van der Waals surface area contributed by atoms with E-state index in [-0.39, 0.29) is 0 Å². The van der Waals surface area contributed by atoms with Crippen LogP contribution in [0.5, 0.6) is 0 Å². The van der Waals surface area contributed by atoms with Crippen molar-refractivity contribution in [3.05, 3.63) is 0 Å². The van der Waals surface area contributed by atoms with Crippen LogP contribution in [0.1, 0.15) is 46.0 Å². The summed E-state index contributed by atoms with van der Waals surface area (Å²) in [7, 11) is 0. The summed E-state index contributed by atoms with van der Waals surface area (Å²) in [5.74, 6) is 0.842. The summed E-state index contributed by atoms with van der Waals surface area (Å²) in [4.78, 5) is 0. The molecule has 0 aliphatic carbocycles. The van der Waals surface area contributed by atoms with Crippen LogP contribution in [0.25, 0.3) is 0 Å². The van der Waals surface area contributed by atoms with Gasteiger partial charge < -0.3 is 5.32 Å². The first-order chi connectivity index (χ1) is 6.31. The predicted molar refractivity (Wildman–Crippen MR) is 69.7 cm³/mol. The third-order valence-corrected chi connectivity index (χ3v) is 3.19. The second-order valence-electron chi connectivity index (χ2n) is 3.82. The summed E-state index contributed by atoms with van der Waals surface area (Å²) in [5.41, 5.74) is 0. The van der Waals surface area contributed by atoms with Crippen LogP contribution in [0.2, 0.25) is 0 Å². The molecule has 1 nitrogen and oxygen atoms in total. The number of halogens is 1. The number of unbranched alkanes of at least 4 members (excludes halogenated alkanes) is 3. The van der Waals surface area contributed by atoms with Crippen LogP contribution in [0.3, 0.4) is 0 Å². The van der Waals surface area contributed by atoms with Gasteiger partial charge in [0.15, 0.2) is 0 Å². The summed E-state index contributed by atoms with van der Waals surface area (Å²) in [6, 6.07) is 0. The second-order valence-corrected chi connectivity index (χ2v) is 4.90. The number of rotatable bonds is 9. The van der Waals surface area contributed by atoms with Gasteiger partial charge in [0, 0.05) is 0 Å². The monoisotopic (exact) mass is 297 g/mol. The summed E-state index contributed by atoms with van der Waals surface area (Å²) in [6.45, 7) is 6.98. The van der Waals surface area contributed by atoms with E-state index in [1.165, 1.54) is 49.6 Å². The molecule has 13 heavy (non-hydrogen) atoms. The number of hydrogen-bond acceptors (Lipinski definition) is 1. The van der Waals surface area contributed by atoms with E-state index >= 15 is 0 Å². The Labute approximate surface area is 97.2 Å². The highest BCUT2D eigenvalue weighted by Crippen LogP contribution is 2.02. The lowest BCUT2D eigenvalue weighted by Gasteiger charge is -2.09. The molecular weight excluding hydrogens is 273 g/mol. The van der Waals surface area contributed by atoms with Crippen molar-refractivity contribution in [1.82, 2.24) is 5.32 Å². The Balaban J connectivity index is 2.91. The second kappa shape index (κ2) is 10.8. The fourth-order valence-corrected chi connectivity index (χ4v) is 1.73. The van der Waals surface area contributed by atoms with Crippen molar-refractivity contribution in [2.45, 2.75) is 46.0 Å². The molecule has 0 saturated heterocycles. The Morgan fingerprint density at radius 2 is 1.85 bits per heavy atom. The van der Waals surface area contributed by atoms with Gasteiger partial charge in [-0.1, -0.05) is 55.7 Å². The maximum atomic E-state index is 3.51. The fraction of sp³-hybridized carbons (Fsp3) is 1.00. The van der Waals surface area contributed by atoms with Gasteiger partial charge in [-0.15, -0.1) is 0 Å². The zero-order chi connectivity index (χ0) is 9.94.